The van der Waals surface area contributed by atoms with Crippen molar-refractivity contribution in [3.8, 4) is 11.5 Å². The molecule has 4 aromatic carbocycles. The van der Waals surface area contributed by atoms with E-state index in [0.29, 0.717) is 21.8 Å². The lowest BCUT2D eigenvalue weighted by molar-refractivity contribution is -0.131. The molecule has 1 fully saturated rings. The number of carbonyl (C=O) groups is 2. The molecule has 9 heteroatoms. The maximum atomic E-state index is 14.8. The zero-order valence-electron chi connectivity index (χ0n) is 20.2. The van der Waals surface area contributed by atoms with Crippen molar-refractivity contribution in [2.24, 2.45) is 0 Å². The highest BCUT2D eigenvalue weighted by Crippen LogP contribution is 2.58. The first kappa shape index (κ1) is 25.0. The fourth-order valence-electron chi connectivity index (χ4n) is 5.74. The van der Waals surface area contributed by atoms with Crippen LogP contribution in [0.4, 0.5) is 18.9 Å². The summed E-state index contributed by atoms with van der Waals surface area (Å²) in [5.41, 5.74) is 0.0635. The first-order chi connectivity index (χ1) is 18.8. The van der Waals surface area contributed by atoms with Crippen LogP contribution >= 0.6 is 11.6 Å². The number of nitrogens with one attached hydrogen (secondary N) is 2. The van der Waals surface area contributed by atoms with E-state index in [9.17, 15) is 22.8 Å². The van der Waals surface area contributed by atoms with Crippen molar-refractivity contribution in [1.82, 2.24) is 5.32 Å². The van der Waals surface area contributed by atoms with Gasteiger partial charge in [-0.15, -0.1) is 0 Å². The minimum atomic E-state index is -1.52. The second-order valence-corrected chi connectivity index (χ2v) is 10.00. The van der Waals surface area contributed by atoms with E-state index in [1.54, 1.807) is 24.3 Å². The Balaban J connectivity index is 1.60. The van der Waals surface area contributed by atoms with E-state index in [4.69, 9.17) is 16.3 Å². The fraction of sp³-hybridized carbons (Fsp3) is 0.133. The molecule has 39 heavy (non-hydrogen) atoms. The van der Waals surface area contributed by atoms with Crippen molar-refractivity contribution in [2.45, 2.75) is 23.8 Å². The van der Waals surface area contributed by atoms with Crippen molar-refractivity contribution in [1.29, 1.82) is 0 Å². The number of carbonyl (C=O) groups excluding carboxylic acids is 2. The van der Waals surface area contributed by atoms with Crippen molar-refractivity contribution < 1.29 is 27.5 Å². The van der Waals surface area contributed by atoms with Crippen LogP contribution in [0.2, 0.25) is 5.02 Å². The van der Waals surface area contributed by atoms with Gasteiger partial charge in [0.2, 0.25) is 11.8 Å². The van der Waals surface area contributed by atoms with Crippen LogP contribution in [0, 0.1) is 17.5 Å². The molecule has 5 nitrogen and oxygen atoms in total. The lowest BCUT2D eigenvalue weighted by atomic mass is 9.59. The summed E-state index contributed by atoms with van der Waals surface area (Å²) in [6, 6.07) is 18.6. The van der Waals surface area contributed by atoms with Gasteiger partial charge in [0.15, 0.2) is 0 Å². The molecule has 2 amide bonds. The molecule has 2 heterocycles. The van der Waals surface area contributed by atoms with Gasteiger partial charge in [-0.3, -0.25) is 9.59 Å². The molecular formula is C30H20ClF3N2O3. The molecule has 196 valence electrons. The van der Waals surface area contributed by atoms with Gasteiger partial charge in [-0.1, -0.05) is 29.8 Å². The predicted octanol–water partition coefficient (Wildman–Crippen LogP) is 6.78. The average Bonchev–Trinajstić information content (AvgIpc) is 3.18. The van der Waals surface area contributed by atoms with E-state index in [2.05, 4.69) is 10.6 Å². The Morgan fingerprint density at radius 1 is 0.846 bits per heavy atom. The van der Waals surface area contributed by atoms with Crippen molar-refractivity contribution in [2.75, 3.05) is 5.32 Å². The van der Waals surface area contributed by atoms with Gasteiger partial charge in [-0.2, -0.15) is 0 Å². The van der Waals surface area contributed by atoms with Crippen LogP contribution < -0.4 is 15.4 Å². The number of rotatable bonds is 4. The summed E-state index contributed by atoms with van der Waals surface area (Å²) in [7, 11) is 0. The highest BCUT2D eigenvalue weighted by Gasteiger charge is 2.61. The minimum Gasteiger partial charge on any atom is -0.457 e. The Morgan fingerprint density at radius 3 is 2.36 bits per heavy atom. The number of benzene rings is 4. The molecule has 3 atom stereocenters. The lowest BCUT2D eigenvalue weighted by Gasteiger charge is -2.46. The van der Waals surface area contributed by atoms with Gasteiger partial charge in [-0.05, 0) is 77.9 Å². The number of hydrogen-bond donors (Lipinski definition) is 2. The highest BCUT2D eigenvalue weighted by molar-refractivity contribution is 6.31. The zero-order chi connectivity index (χ0) is 27.3. The molecule has 0 aromatic heterocycles. The molecule has 2 aliphatic heterocycles. The van der Waals surface area contributed by atoms with E-state index in [1.807, 2.05) is 0 Å². The molecule has 4 aromatic rings. The Morgan fingerprint density at radius 2 is 1.59 bits per heavy atom. The molecule has 1 spiro atoms. The Labute approximate surface area is 226 Å². The molecule has 6 rings (SSSR count). The van der Waals surface area contributed by atoms with Crippen LogP contribution in [-0.4, -0.2) is 11.8 Å². The first-order valence-electron chi connectivity index (χ1n) is 12.1. The molecule has 2 N–H and O–H groups in total. The van der Waals surface area contributed by atoms with Gasteiger partial charge < -0.3 is 15.4 Å². The monoisotopic (exact) mass is 548 g/mol. The summed E-state index contributed by atoms with van der Waals surface area (Å²) in [5.74, 6) is -2.88. The lowest BCUT2D eigenvalue weighted by Crippen LogP contribution is -2.56. The smallest absolute Gasteiger partial charge is 0.238 e. The van der Waals surface area contributed by atoms with Crippen LogP contribution in [0.1, 0.15) is 35.1 Å². The highest BCUT2D eigenvalue weighted by atomic mass is 35.5. The van der Waals surface area contributed by atoms with E-state index in [0.717, 1.165) is 0 Å². The minimum absolute atomic E-state index is 0.126. The molecule has 0 saturated carbocycles. The molecule has 0 bridgehead atoms. The maximum absolute atomic E-state index is 14.8. The molecule has 0 aliphatic carbocycles. The third-order valence-electron chi connectivity index (χ3n) is 7.33. The molecule has 0 unspecified atom stereocenters. The predicted molar refractivity (Wildman–Crippen MR) is 139 cm³/mol. The van der Waals surface area contributed by atoms with Crippen molar-refractivity contribution >= 4 is 29.1 Å². The number of anilines is 1. The summed E-state index contributed by atoms with van der Waals surface area (Å²) in [5, 5.41) is 6.15. The normalized spacial score (nSPS) is 21.8. The number of fused-ring (bicyclic) bond motifs is 2. The van der Waals surface area contributed by atoms with Gasteiger partial charge in [0, 0.05) is 28.6 Å². The topological polar surface area (TPSA) is 67.4 Å². The largest absolute Gasteiger partial charge is 0.457 e. The van der Waals surface area contributed by atoms with Gasteiger partial charge in [-0.25, -0.2) is 13.2 Å². The quantitative estimate of drug-likeness (QED) is 0.295. The van der Waals surface area contributed by atoms with E-state index in [-0.39, 0.29) is 23.5 Å². The summed E-state index contributed by atoms with van der Waals surface area (Å²) in [6.07, 6.45) is -0.126. The van der Waals surface area contributed by atoms with Crippen molar-refractivity contribution in [3.63, 3.8) is 0 Å². The number of piperidine rings is 1. The summed E-state index contributed by atoms with van der Waals surface area (Å²) in [6.45, 7) is 0. The van der Waals surface area contributed by atoms with E-state index < -0.39 is 46.6 Å². The van der Waals surface area contributed by atoms with Crippen LogP contribution in [0.3, 0.4) is 0 Å². The van der Waals surface area contributed by atoms with Crippen LogP contribution in [0.15, 0.2) is 84.9 Å². The number of hydrogen-bond acceptors (Lipinski definition) is 3. The second-order valence-electron chi connectivity index (χ2n) is 9.56. The maximum Gasteiger partial charge on any atom is 0.238 e. The first-order valence-corrected chi connectivity index (χ1v) is 12.5. The zero-order valence-corrected chi connectivity index (χ0v) is 20.9. The van der Waals surface area contributed by atoms with Crippen LogP contribution in [0.5, 0.6) is 11.5 Å². The van der Waals surface area contributed by atoms with Gasteiger partial charge in [0.05, 0.1) is 6.04 Å². The van der Waals surface area contributed by atoms with Gasteiger partial charge >= 0.3 is 0 Å². The Bertz CT molecular complexity index is 1630. The van der Waals surface area contributed by atoms with E-state index in [1.165, 1.54) is 60.7 Å². The molecule has 1 saturated heterocycles. The average molecular weight is 549 g/mol. The standard InChI is InChI=1S/C30H20ClF3N2O3/c31-17-4-10-23-25(13-17)35-29(38)30(23)24(16-2-1-3-19(33)12-16)15-27(37)36-28(30)22-14-20(34)7-11-26(22)39-21-8-5-18(32)6-9-21/h1-14,24,28H,15H2,(H,35,38)(H,36,37)/t24-,28+,30-/m0/s1. The number of halogens is 4. The molecule has 0 radical (unpaired) electrons. The van der Waals surface area contributed by atoms with E-state index >= 15 is 0 Å². The SMILES string of the molecule is O=C1C[C@@H](c2cccc(F)c2)[C@]2(C(=O)Nc3cc(Cl)ccc32)[C@@H](c2cc(F)ccc2Oc2ccc(F)cc2)N1. The number of ether oxygens (including phenoxy) is 1. The summed E-state index contributed by atoms with van der Waals surface area (Å²) in [4.78, 5) is 27.3. The summed E-state index contributed by atoms with van der Waals surface area (Å²) >= 11 is 6.23. The third-order valence-corrected chi connectivity index (χ3v) is 7.56. The summed E-state index contributed by atoms with van der Waals surface area (Å²) < 4.78 is 48.8. The molecular weight excluding hydrogens is 529 g/mol. The Kier molecular flexibility index (Phi) is 6.07. The van der Waals surface area contributed by atoms with Crippen LogP contribution in [-0.2, 0) is 15.0 Å². The third kappa shape index (κ3) is 4.21. The second kappa shape index (κ2) is 9.47. The molecule has 2 aliphatic rings. The van der Waals surface area contributed by atoms with Crippen molar-refractivity contribution in [3.05, 3.63) is 124 Å². The van der Waals surface area contributed by atoms with Gasteiger partial charge in [0.1, 0.15) is 34.4 Å². The Hall–Kier alpha value is -4.30. The fourth-order valence-corrected chi connectivity index (χ4v) is 5.91. The van der Waals surface area contributed by atoms with Crippen LogP contribution in [0.25, 0.3) is 0 Å². The van der Waals surface area contributed by atoms with Gasteiger partial charge in [0.25, 0.3) is 0 Å². The number of amides is 2.